The largest absolute Gasteiger partial charge is 0.381 e. The van der Waals surface area contributed by atoms with E-state index in [0.717, 1.165) is 42.4 Å². The van der Waals surface area contributed by atoms with Crippen LogP contribution in [-0.2, 0) is 16.7 Å². The van der Waals surface area contributed by atoms with Crippen LogP contribution in [0.2, 0.25) is 0 Å². The Labute approximate surface area is 175 Å². The zero-order chi connectivity index (χ0) is 20.8. The molecule has 0 radical (unpaired) electrons. The Morgan fingerprint density at radius 1 is 1.13 bits per heavy atom. The molecule has 2 aromatic heterocycles. The summed E-state index contributed by atoms with van der Waals surface area (Å²) in [7, 11) is 0. The molecule has 30 heavy (non-hydrogen) atoms. The standard InChI is InChI=1S/C22H27FN6O/c1-2-24-21(25-15-20-28-27-19-5-3-4-12-29(19)20)26-16-22(10-13-30-14-11-22)17-6-8-18(23)9-7-17/h3-9,12H,2,10-11,13-16H2,1H3,(H2,24,25,26). The molecule has 1 aliphatic heterocycles. The monoisotopic (exact) mass is 410 g/mol. The second-order valence-corrected chi connectivity index (χ2v) is 7.49. The van der Waals surface area contributed by atoms with Crippen LogP contribution in [0, 0.1) is 5.82 Å². The minimum atomic E-state index is -0.218. The normalized spacial score (nSPS) is 16.5. The highest BCUT2D eigenvalue weighted by Crippen LogP contribution is 2.34. The van der Waals surface area contributed by atoms with E-state index in [9.17, 15) is 4.39 Å². The third-order valence-corrected chi connectivity index (χ3v) is 5.61. The molecule has 0 bridgehead atoms. The predicted octanol–water partition coefficient (Wildman–Crippen LogP) is 2.67. The Morgan fingerprint density at radius 3 is 2.70 bits per heavy atom. The Bertz CT molecular complexity index is 994. The van der Waals surface area contributed by atoms with E-state index >= 15 is 0 Å². The highest BCUT2D eigenvalue weighted by Gasteiger charge is 2.34. The van der Waals surface area contributed by atoms with Gasteiger partial charge in [-0.25, -0.2) is 9.38 Å². The number of aromatic nitrogens is 3. The van der Waals surface area contributed by atoms with Crippen molar-refractivity contribution in [3.05, 3.63) is 65.9 Å². The van der Waals surface area contributed by atoms with Gasteiger partial charge in [0.05, 0.1) is 0 Å². The zero-order valence-electron chi connectivity index (χ0n) is 17.1. The van der Waals surface area contributed by atoms with Gasteiger partial charge in [0, 0.05) is 37.9 Å². The number of rotatable bonds is 6. The molecule has 2 N–H and O–H groups in total. The van der Waals surface area contributed by atoms with Gasteiger partial charge in [0.2, 0.25) is 0 Å². The van der Waals surface area contributed by atoms with E-state index in [1.165, 1.54) is 12.1 Å². The maximum absolute atomic E-state index is 13.5. The second-order valence-electron chi connectivity index (χ2n) is 7.49. The summed E-state index contributed by atoms with van der Waals surface area (Å²) in [6.07, 6.45) is 3.69. The lowest BCUT2D eigenvalue weighted by molar-refractivity contribution is 0.0513. The molecule has 4 rings (SSSR count). The molecule has 3 heterocycles. The van der Waals surface area contributed by atoms with Crippen molar-refractivity contribution in [1.82, 2.24) is 25.2 Å². The van der Waals surface area contributed by atoms with Gasteiger partial charge >= 0.3 is 0 Å². The van der Waals surface area contributed by atoms with E-state index in [1.54, 1.807) is 0 Å². The first-order valence-electron chi connectivity index (χ1n) is 10.3. The van der Waals surface area contributed by atoms with Crippen LogP contribution < -0.4 is 10.6 Å². The van der Waals surface area contributed by atoms with Crippen molar-refractivity contribution in [2.45, 2.75) is 31.7 Å². The molecule has 7 nitrogen and oxygen atoms in total. The van der Waals surface area contributed by atoms with Gasteiger partial charge in [-0.05, 0) is 49.6 Å². The summed E-state index contributed by atoms with van der Waals surface area (Å²) < 4.78 is 21.0. The Balaban J connectivity index is 1.51. The number of nitrogens with one attached hydrogen (secondary N) is 2. The van der Waals surface area contributed by atoms with Gasteiger partial charge in [0.1, 0.15) is 12.4 Å². The molecule has 1 aliphatic rings. The zero-order valence-corrected chi connectivity index (χ0v) is 17.1. The summed E-state index contributed by atoms with van der Waals surface area (Å²) in [6.45, 7) is 5.27. The molecule has 8 heteroatoms. The molecule has 0 aliphatic carbocycles. The van der Waals surface area contributed by atoms with Crippen LogP contribution in [0.5, 0.6) is 0 Å². The lowest BCUT2D eigenvalue weighted by Gasteiger charge is -2.38. The van der Waals surface area contributed by atoms with Crippen molar-refractivity contribution in [1.29, 1.82) is 0 Å². The summed E-state index contributed by atoms with van der Waals surface area (Å²) in [4.78, 5) is 4.71. The number of ether oxygens (including phenoxy) is 1. The molecule has 0 saturated carbocycles. The molecule has 3 aromatic rings. The van der Waals surface area contributed by atoms with Crippen LogP contribution >= 0.6 is 0 Å². The van der Waals surface area contributed by atoms with Crippen molar-refractivity contribution >= 4 is 11.6 Å². The number of nitrogens with zero attached hydrogens (tertiary/aromatic N) is 4. The number of aliphatic imine (C=N–C) groups is 1. The van der Waals surface area contributed by atoms with Gasteiger partial charge in [-0.1, -0.05) is 18.2 Å². The average Bonchev–Trinajstić information content (AvgIpc) is 3.20. The number of hydrogen-bond acceptors (Lipinski definition) is 4. The Morgan fingerprint density at radius 2 is 1.93 bits per heavy atom. The lowest BCUT2D eigenvalue weighted by atomic mass is 9.74. The Hall–Kier alpha value is -3.00. The first kappa shape index (κ1) is 20.3. The van der Waals surface area contributed by atoms with Gasteiger partial charge in [0.25, 0.3) is 0 Å². The van der Waals surface area contributed by atoms with Gasteiger partial charge in [-0.2, -0.15) is 0 Å². The fourth-order valence-corrected chi connectivity index (χ4v) is 3.88. The summed E-state index contributed by atoms with van der Waals surface area (Å²) in [5, 5.41) is 15.2. The van der Waals surface area contributed by atoms with Crippen molar-refractivity contribution in [3.63, 3.8) is 0 Å². The van der Waals surface area contributed by atoms with Gasteiger partial charge in [-0.3, -0.25) is 4.40 Å². The minimum absolute atomic E-state index is 0.121. The first-order valence-corrected chi connectivity index (χ1v) is 10.3. The molecule has 0 unspecified atom stereocenters. The Kier molecular flexibility index (Phi) is 6.23. The molecule has 0 amide bonds. The summed E-state index contributed by atoms with van der Waals surface area (Å²) in [5.74, 6) is 1.28. The summed E-state index contributed by atoms with van der Waals surface area (Å²) in [5.41, 5.74) is 1.81. The van der Waals surface area contributed by atoms with E-state index in [-0.39, 0.29) is 11.2 Å². The van der Waals surface area contributed by atoms with Crippen LogP contribution in [-0.4, -0.2) is 46.9 Å². The van der Waals surface area contributed by atoms with Gasteiger partial charge in [-0.15, -0.1) is 10.2 Å². The SMILES string of the molecule is CCNC(=NCc1nnc2ccccn12)NCC1(c2ccc(F)cc2)CCOCC1. The van der Waals surface area contributed by atoms with Crippen LogP contribution in [0.15, 0.2) is 53.7 Å². The quantitative estimate of drug-likeness (QED) is 0.483. The number of fused-ring (bicyclic) bond motifs is 1. The lowest BCUT2D eigenvalue weighted by Crippen LogP contribution is -2.48. The molecule has 1 aromatic carbocycles. The topological polar surface area (TPSA) is 75.8 Å². The van der Waals surface area contributed by atoms with Crippen molar-refractivity contribution in [2.75, 3.05) is 26.3 Å². The van der Waals surface area contributed by atoms with E-state index < -0.39 is 0 Å². The van der Waals surface area contributed by atoms with Crippen molar-refractivity contribution < 1.29 is 9.13 Å². The first-order chi connectivity index (χ1) is 14.7. The highest BCUT2D eigenvalue weighted by atomic mass is 19.1. The number of pyridine rings is 1. The molecular weight excluding hydrogens is 383 g/mol. The van der Waals surface area contributed by atoms with E-state index in [1.807, 2.05) is 47.9 Å². The third kappa shape index (κ3) is 4.43. The van der Waals surface area contributed by atoms with E-state index in [2.05, 4.69) is 20.8 Å². The second kappa shape index (κ2) is 9.21. The van der Waals surface area contributed by atoms with Crippen molar-refractivity contribution in [2.24, 2.45) is 4.99 Å². The maximum atomic E-state index is 13.5. The number of hydrogen-bond donors (Lipinski definition) is 2. The van der Waals surface area contributed by atoms with Crippen molar-refractivity contribution in [3.8, 4) is 0 Å². The highest BCUT2D eigenvalue weighted by molar-refractivity contribution is 5.79. The number of halogens is 1. The van der Waals surface area contributed by atoms with Crippen LogP contribution in [0.1, 0.15) is 31.2 Å². The summed E-state index contributed by atoms with van der Waals surface area (Å²) >= 11 is 0. The maximum Gasteiger partial charge on any atom is 0.191 e. The molecule has 1 fully saturated rings. The van der Waals surface area contributed by atoms with Crippen LogP contribution in [0.25, 0.3) is 5.65 Å². The molecular formula is C22H27FN6O. The molecule has 0 atom stereocenters. The predicted molar refractivity (Wildman–Crippen MR) is 114 cm³/mol. The number of guanidine groups is 1. The van der Waals surface area contributed by atoms with Crippen LogP contribution in [0.4, 0.5) is 4.39 Å². The van der Waals surface area contributed by atoms with Gasteiger partial charge in [0.15, 0.2) is 17.4 Å². The fourth-order valence-electron chi connectivity index (χ4n) is 3.88. The van der Waals surface area contributed by atoms with E-state index in [0.29, 0.717) is 26.3 Å². The smallest absolute Gasteiger partial charge is 0.191 e. The molecule has 1 saturated heterocycles. The van der Waals surface area contributed by atoms with Gasteiger partial charge < -0.3 is 15.4 Å². The summed E-state index contributed by atoms with van der Waals surface area (Å²) in [6, 6.07) is 12.6. The molecule has 0 spiro atoms. The minimum Gasteiger partial charge on any atom is -0.381 e. The third-order valence-electron chi connectivity index (χ3n) is 5.61. The van der Waals surface area contributed by atoms with Crippen LogP contribution in [0.3, 0.4) is 0 Å². The average molecular weight is 410 g/mol. The number of benzene rings is 1. The van der Waals surface area contributed by atoms with E-state index in [4.69, 9.17) is 9.73 Å². The fraction of sp³-hybridized carbons (Fsp3) is 0.409. The molecule has 158 valence electrons.